The van der Waals surface area contributed by atoms with Gasteiger partial charge in [-0.2, -0.15) is 0 Å². The molecule has 3 N–H and O–H groups in total. The summed E-state index contributed by atoms with van der Waals surface area (Å²) in [6.07, 6.45) is 4.72. The molecule has 1 aliphatic rings. The van der Waals surface area contributed by atoms with Crippen LogP contribution in [0.15, 0.2) is 0 Å². The van der Waals surface area contributed by atoms with Gasteiger partial charge in [0.25, 0.3) is 0 Å². The van der Waals surface area contributed by atoms with Gasteiger partial charge in [0.1, 0.15) is 0 Å². The SMILES string of the molecule is CCC(N)C(=O)N(CCCO)C1CCC1. The van der Waals surface area contributed by atoms with Crippen LogP contribution in [0, 0.1) is 0 Å². The highest BCUT2D eigenvalue weighted by Crippen LogP contribution is 2.25. The van der Waals surface area contributed by atoms with Crippen LogP contribution in [0.1, 0.15) is 39.0 Å². The summed E-state index contributed by atoms with van der Waals surface area (Å²) in [6, 6.07) is 0.00550. The number of hydrogen-bond donors (Lipinski definition) is 2. The first kappa shape index (κ1) is 12.5. The number of rotatable bonds is 6. The molecule has 0 aromatic carbocycles. The zero-order valence-electron chi connectivity index (χ0n) is 9.48. The molecule has 0 heterocycles. The topological polar surface area (TPSA) is 66.6 Å². The van der Waals surface area contributed by atoms with Crippen LogP contribution in [-0.2, 0) is 4.79 Å². The number of hydrogen-bond acceptors (Lipinski definition) is 3. The Bertz CT molecular complexity index is 205. The van der Waals surface area contributed by atoms with Crippen molar-refractivity contribution in [3.8, 4) is 0 Å². The highest BCUT2D eigenvalue weighted by molar-refractivity contribution is 5.82. The first-order valence-corrected chi connectivity index (χ1v) is 5.87. The summed E-state index contributed by atoms with van der Waals surface area (Å²) in [6.45, 7) is 2.71. The molecule has 0 spiro atoms. The maximum Gasteiger partial charge on any atom is 0.239 e. The number of amides is 1. The minimum absolute atomic E-state index is 0.0515. The van der Waals surface area contributed by atoms with E-state index < -0.39 is 0 Å². The van der Waals surface area contributed by atoms with Gasteiger partial charge in [-0.3, -0.25) is 4.79 Å². The molecule has 1 fully saturated rings. The van der Waals surface area contributed by atoms with Gasteiger partial charge in [0.05, 0.1) is 6.04 Å². The van der Waals surface area contributed by atoms with Crippen molar-refractivity contribution in [2.45, 2.75) is 51.1 Å². The molecule has 1 unspecified atom stereocenters. The van der Waals surface area contributed by atoms with Crippen molar-refractivity contribution in [3.05, 3.63) is 0 Å². The normalized spacial score (nSPS) is 18.3. The number of carbonyl (C=O) groups excluding carboxylic acids is 1. The molecule has 1 saturated carbocycles. The van der Waals surface area contributed by atoms with E-state index in [0.29, 0.717) is 25.4 Å². The van der Waals surface area contributed by atoms with Gasteiger partial charge in [0, 0.05) is 19.2 Å². The van der Waals surface area contributed by atoms with Crippen molar-refractivity contribution < 1.29 is 9.90 Å². The lowest BCUT2D eigenvalue weighted by Crippen LogP contribution is -2.51. The molecule has 4 nitrogen and oxygen atoms in total. The zero-order valence-corrected chi connectivity index (χ0v) is 9.48. The Labute approximate surface area is 91.4 Å². The van der Waals surface area contributed by atoms with E-state index in [9.17, 15) is 4.79 Å². The van der Waals surface area contributed by atoms with Crippen LogP contribution >= 0.6 is 0 Å². The smallest absolute Gasteiger partial charge is 0.239 e. The number of nitrogens with two attached hydrogens (primary N) is 1. The van der Waals surface area contributed by atoms with Gasteiger partial charge in [0.15, 0.2) is 0 Å². The molecule has 0 bridgehead atoms. The third kappa shape index (κ3) is 3.18. The lowest BCUT2D eigenvalue weighted by molar-refractivity contribution is -0.136. The Morgan fingerprint density at radius 2 is 2.27 bits per heavy atom. The Kier molecular flexibility index (Phi) is 5.05. The van der Waals surface area contributed by atoms with E-state index in [-0.39, 0.29) is 18.6 Å². The lowest BCUT2D eigenvalue weighted by atomic mass is 9.90. The molecule has 0 radical (unpaired) electrons. The molecule has 88 valence electrons. The maximum atomic E-state index is 11.9. The molecule has 0 aromatic heterocycles. The Morgan fingerprint density at radius 1 is 1.60 bits per heavy atom. The van der Waals surface area contributed by atoms with Gasteiger partial charge in [-0.05, 0) is 32.1 Å². The highest BCUT2D eigenvalue weighted by atomic mass is 16.3. The second-order valence-corrected chi connectivity index (χ2v) is 4.21. The largest absolute Gasteiger partial charge is 0.396 e. The summed E-state index contributed by atoms with van der Waals surface area (Å²) >= 11 is 0. The first-order valence-electron chi connectivity index (χ1n) is 5.87. The van der Waals surface area contributed by atoms with E-state index in [1.807, 2.05) is 11.8 Å². The van der Waals surface area contributed by atoms with Crippen LogP contribution in [0.3, 0.4) is 0 Å². The third-order valence-corrected chi connectivity index (χ3v) is 3.11. The van der Waals surface area contributed by atoms with Crippen molar-refractivity contribution >= 4 is 5.91 Å². The molecule has 1 aliphatic carbocycles. The second-order valence-electron chi connectivity index (χ2n) is 4.21. The molecule has 0 aliphatic heterocycles. The Hall–Kier alpha value is -0.610. The fraction of sp³-hybridized carbons (Fsp3) is 0.909. The molecular formula is C11H22N2O2. The molecule has 1 atom stereocenters. The van der Waals surface area contributed by atoms with Gasteiger partial charge in [-0.15, -0.1) is 0 Å². The van der Waals surface area contributed by atoms with Crippen molar-refractivity contribution in [1.82, 2.24) is 4.90 Å². The minimum atomic E-state index is -0.371. The fourth-order valence-corrected chi connectivity index (χ4v) is 1.80. The summed E-state index contributed by atoms with van der Waals surface area (Å²) in [5.41, 5.74) is 5.75. The summed E-state index contributed by atoms with van der Waals surface area (Å²) in [7, 11) is 0. The number of aliphatic hydroxyl groups is 1. The molecule has 0 saturated heterocycles. The monoisotopic (exact) mass is 214 g/mol. The van der Waals surface area contributed by atoms with Gasteiger partial charge in [-0.1, -0.05) is 6.92 Å². The van der Waals surface area contributed by atoms with Crippen LogP contribution in [0.2, 0.25) is 0 Å². The molecule has 15 heavy (non-hydrogen) atoms. The van der Waals surface area contributed by atoms with Gasteiger partial charge < -0.3 is 15.7 Å². The minimum Gasteiger partial charge on any atom is -0.396 e. The van der Waals surface area contributed by atoms with E-state index in [2.05, 4.69) is 0 Å². The summed E-state index contributed by atoms with van der Waals surface area (Å²) in [4.78, 5) is 13.8. The average Bonchev–Trinajstić information content (AvgIpc) is 2.19. The molecular weight excluding hydrogens is 192 g/mol. The summed E-state index contributed by atoms with van der Waals surface area (Å²) in [5.74, 6) is 0.0515. The van der Waals surface area contributed by atoms with E-state index in [4.69, 9.17) is 10.8 Å². The number of aliphatic hydroxyl groups excluding tert-OH is 1. The van der Waals surface area contributed by atoms with E-state index in [1.54, 1.807) is 0 Å². The predicted molar refractivity (Wildman–Crippen MR) is 59.3 cm³/mol. The zero-order chi connectivity index (χ0) is 11.3. The first-order chi connectivity index (χ1) is 7.20. The van der Waals surface area contributed by atoms with E-state index >= 15 is 0 Å². The molecule has 1 amide bonds. The summed E-state index contributed by atoms with van der Waals surface area (Å²) < 4.78 is 0. The number of carbonyl (C=O) groups is 1. The predicted octanol–water partition coefficient (Wildman–Crippen LogP) is 0.487. The summed E-state index contributed by atoms with van der Waals surface area (Å²) in [5, 5.41) is 8.80. The molecule has 1 rings (SSSR count). The fourth-order valence-electron chi connectivity index (χ4n) is 1.80. The Morgan fingerprint density at radius 3 is 2.67 bits per heavy atom. The van der Waals surface area contributed by atoms with Crippen molar-refractivity contribution in [1.29, 1.82) is 0 Å². The van der Waals surface area contributed by atoms with E-state index in [0.717, 1.165) is 12.8 Å². The van der Waals surface area contributed by atoms with Crippen molar-refractivity contribution in [3.63, 3.8) is 0 Å². The number of nitrogens with zero attached hydrogens (tertiary/aromatic N) is 1. The Balaban J connectivity index is 2.49. The average molecular weight is 214 g/mol. The lowest BCUT2D eigenvalue weighted by Gasteiger charge is -2.38. The van der Waals surface area contributed by atoms with Gasteiger partial charge >= 0.3 is 0 Å². The van der Waals surface area contributed by atoms with Gasteiger partial charge in [-0.25, -0.2) is 0 Å². The standard InChI is InChI=1S/C11H22N2O2/c1-2-10(12)11(15)13(7-4-8-14)9-5-3-6-9/h9-10,14H,2-8,12H2,1H3. The van der Waals surface area contributed by atoms with Crippen LogP contribution in [-0.4, -0.2) is 41.1 Å². The second kappa shape index (κ2) is 6.08. The molecule has 4 heteroatoms. The van der Waals surface area contributed by atoms with E-state index in [1.165, 1.54) is 6.42 Å². The quantitative estimate of drug-likeness (QED) is 0.676. The van der Waals surface area contributed by atoms with Crippen LogP contribution in [0.25, 0.3) is 0 Å². The van der Waals surface area contributed by atoms with Gasteiger partial charge in [0.2, 0.25) is 5.91 Å². The van der Waals surface area contributed by atoms with Crippen LogP contribution < -0.4 is 5.73 Å². The van der Waals surface area contributed by atoms with Crippen molar-refractivity contribution in [2.24, 2.45) is 5.73 Å². The third-order valence-electron chi connectivity index (χ3n) is 3.11. The highest BCUT2D eigenvalue weighted by Gasteiger charge is 2.30. The maximum absolute atomic E-state index is 11.9. The van der Waals surface area contributed by atoms with Crippen LogP contribution in [0.4, 0.5) is 0 Å². The van der Waals surface area contributed by atoms with Crippen molar-refractivity contribution in [2.75, 3.05) is 13.2 Å². The van der Waals surface area contributed by atoms with Crippen LogP contribution in [0.5, 0.6) is 0 Å². The molecule has 0 aromatic rings.